The molecule has 1 aromatic carbocycles. The molecular formula is C23H29N5O3. The van der Waals surface area contributed by atoms with Crippen molar-refractivity contribution in [3.05, 3.63) is 41.7 Å². The van der Waals surface area contributed by atoms with Crippen LogP contribution in [0.2, 0.25) is 0 Å². The van der Waals surface area contributed by atoms with Gasteiger partial charge in [0.15, 0.2) is 18.1 Å². The number of ether oxygens (including phenoxy) is 1. The van der Waals surface area contributed by atoms with Gasteiger partial charge in [-0.05, 0) is 59.1 Å². The van der Waals surface area contributed by atoms with E-state index in [4.69, 9.17) is 4.74 Å². The van der Waals surface area contributed by atoms with Crippen molar-refractivity contribution >= 4 is 23.6 Å². The summed E-state index contributed by atoms with van der Waals surface area (Å²) >= 11 is 0. The lowest BCUT2D eigenvalue weighted by molar-refractivity contribution is -0.148. The average Bonchev–Trinajstić information content (AvgIpc) is 3.23. The summed E-state index contributed by atoms with van der Waals surface area (Å²) in [4.78, 5) is 27.8. The van der Waals surface area contributed by atoms with Crippen LogP contribution in [0.3, 0.4) is 0 Å². The Hall–Kier alpha value is -3.03. The number of esters is 1. The number of aryl methyl sites for hydroxylation is 1. The van der Waals surface area contributed by atoms with E-state index in [2.05, 4.69) is 36.3 Å². The fraction of sp³-hybridized carbons (Fsp3) is 0.522. The first kappa shape index (κ1) is 21.2. The Labute approximate surface area is 182 Å². The monoisotopic (exact) mass is 423 g/mol. The lowest BCUT2D eigenvalue weighted by Gasteiger charge is -2.39. The molecule has 2 fully saturated rings. The third-order valence-corrected chi connectivity index (χ3v) is 6.23. The second kappa shape index (κ2) is 7.90. The summed E-state index contributed by atoms with van der Waals surface area (Å²) in [6.07, 6.45) is 4.75. The van der Waals surface area contributed by atoms with Gasteiger partial charge in [0.1, 0.15) is 0 Å². The zero-order chi connectivity index (χ0) is 22.2. The average molecular weight is 424 g/mol. The number of aromatic nitrogens is 4. The number of hydrogen-bond acceptors (Lipinski definition) is 6. The highest BCUT2D eigenvalue weighted by Gasteiger charge is 2.50. The molecule has 1 amide bonds. The first-order valence-corrected chi connectivity index (χ1v) is 10.6. The van der Waals surface area contributed by atoms with Gasteiger partial charge in [-0.2, -0.15) is 4.68 Å². The van der Waals surface area contributed by atoms with E-state index < -0.39 is 5.97 Å². The first-order valence-electron chi connectivity index (χ1n) is 10.6. The molecule has 2 atom stereocenters. The molecule has 31 heavy (non-hydrogen) atoms. The van der Waals surface area contributed by atoms with E-state index in [1.165, 1.54) is 4.68 Å². The summed E-state index contributed by atoms with van der Waals surface area (Å²) in [5.74, 6) is -0.331. The second-order valence-electron chi connectivity index (χ2n) is 9.89. The number of amides is 1. The molecule has 8 heteroatoms. The Bertz CT molecular complexity index is 1010. The highest BCUT2D eigenvalue weighted by Crippen LogP contribution is 2.52. The van der Waals surface area contributed by atoms with Crippen LogP contribution in [-0.2, 0) is 14.3 Å². The number of nitrogens with zero attached hydrogens (tertiary/aromatic N) is 5. The highest BCUT2D eigenvalue weighted by atomic mass is 16.5. The minimum Gasteiger partial charge on any atom is -0.451 e. The molecule has 1 aliphatic heterocycles. The van der Waals surface area contributed by atoms with Gasteiger partial charge >= 0.3 is 5.97 Å². The van der Waals surface area contributed by atoms with Crippen molar-refractivity contribution in [1.82, 2.24) is 25.1 Å². The van der Waals surface area contributed by atoms with Gasteiger partial charge in [-0.1, -0.05) is 51.1 Å². The predicted molar refractivity (Wildman–Crippen MR) is 115 cm³/mol. The first-order chi connectivity index (χ1) is 14.7. The molecule has 0 spiro atoms. The molecule has 2 bridgehead atoms. The van der Waals surface area contributed by atoms with E-state index in [-0.39, 0.29) is 35.1 Å². The van der Waals surface area contributed by atoms with E-state index in [0.717, 1.165) is 31.4 Å². The molecule has 0 unspecified atom stereocenters. The van der Waals surface area contributed by atoms with E-state index >= 15 is 0 Å². The van der Waals surface area contributed by atoms with Gasteiger partial charge in [-0.3, -0.25) is 4.79 Å². The number of carbonyl (C=O) groups is 2. The SMILES string of the molecule is Cc1nnnn1/C(=C\c1ccccc1)C(=O)OCC(=O)N1C[C@@]2(C)C[C@@H]1CC(C)(C)C2. The lowest BCUT2D eigenvalue weighted by atomic mass is 9.65. The van der Waals surface area contributed by atoms with Crippen molar-refractivity contribution in [2.24, 2.45) is 10.8 Å². The van der Waals surface area contributed by atoms with Crippen molar-refractivity contribution in [2.75, 3.05) is 13.2 Å². The minimum atomic E-state index is -0.638. The summed E-state index contributed by atoms with van der Waals surface area (Å²) < 4.78 is 6.77. The van der Waals surface area contributed by atoms with Crippen molar-refractivity contribution in [1.29, 1.82) is 0 Å². The molecule has 1 aromatic heterocycles. The number of likely N-dealkylation sites (tertiary alicyclic amines) is 1. The number of carbonyl (C=O) groups excluding carboxylic acids is 2. The third-order valence-electron chi connectivity index (χ3n) is 6.23. The Kier molecular flexibility index (Phi) is 5.41. The minimum absolute atomic E-state index is 0.133. The fourth-order valence-electron chi connectivity index (χ4n) is 5.40. The number of benzene rings is 1. The van der Waals surface area contributed by atoms with Crippen LogP contribution in [-0.4, -0.2) is 56.2 Å². The Morgan fingerprint density at radius 1 is 1.19 bits per heavy atom. The van der Waals surface area contributed by atoms with Crippen molar-refractivity contribution < 1.29 is 14.3 Å². The predicted octanol–water partition coefficient (Wildman–Crippen LogP) is 2.95. The van der Waals surface area contributed by atoms with E-state index in [0.29, 0.717) is 5.82 Å². The van der Waals surface area contributed by atoms with Crippen LogP contribution in [0.4, 0.5) is 0 Å². The van der Waals surface area contributed by atoms with Gasteiger partial charge in [0.05, 0.1) is 0 Å². The molecule has 8 nitrogen and oxygen atoms in total. The Morgan fingerprint density at radius 2 is 1.94 bits per heavy atom. The van der Waals surface area contributed by atoms with Gasteiger partial charge in [0.25, 0.3) is 5.91 Å². The smallest absolute Gasteiger partial charge is 0.357 e. The Balaban J connectivity index is 1.48. The van der Waals surface area contributed by atoms with Gasteiger partial charge in [0.2, 0.25) is 0 Å². The van der Waals surface area contributed by atoms with E-state index in [1.54, 1.807) is 13.0 Å². The normalized spacial score (nSPS) is 24.8. The van der Waals surface area contributed by atoms with Crippen LogP contribution in [0, 0.1) is 17.8 Å². The van der Waals surface area contributed by atoms with Crippen molar-refractivity contribution in [2.45, 2.75) is 53.0 Å². The quantitative estimate of drug-likeness (QED) is 0.543. The summed E-state index contributed by atoms with van der Waals surface area (Å²) in [6, 6.07) is 9.58. The zero-order valence-corrected chi connectivity index (χ0v) is 18.5. The summed E-state index contributed by atoms with van der Waals surface area (Å²) in [5, 5.41) is 11.4. The largest absolute Gasteiger partial charge is 0.451 e. The topological polar surface area (TPSA) is 90.2 Å². The number of tetrazole rings is 1. The van der Waals surface area contributed by atoms with E-state index in [1.807, 2.05) is 35.2 Å². The van der Waals surface area contributed by atoms with Crippen LogP contribution in [0.1, 0.15) is 51.4 Å². The molecule has 2 heterocycles. The summed E-state index contributed by atoms with van der Waals surface area (Å²) in [6.45, 7) is 8.90. The summed E-state index contributed by atoms with van der Waals surface area (Å²) in [5.41, 5.74) is 1.31. The van der Waals surface area contributed by atoms with E-state index in [9.17, 15) is 9.59 Å². The van der Waals surface area contributed by atoms with Gasteiger partial charge < -0.3 is 9.64 Å². The van der Waals surface area contributed by atoms with Crippen LogP contribution in [0.15, 0.2) is 30.3 Å². The molecule has 2 aliphatic rings. The Morgan fingerprint density at radius 3 is 2.61 bits per heavy atom. The molecule has 2 aromatic rings. The maximum Gasteiger partial charge on any atom is 0.357 e. The molecule has 1 saturated heterocycles. The van der Waals surface area contributed by atoms with Crippen LogP contribution in [0.5, 0.6) is 0 Å². The number of fused-ring (bicyclic) bond motifs is 2. The van der Waals surface area contributed by atoms with Crippen molar-refractivity contribution in [3.63, 3.8) is 0 Å². The standard InChI is InChI=1S/C23H29N5O3/c1-16-24-25-26-28(16)19(10-17-8-6-5-7-9-17)21(30)31-13-20(29)27-15-23(4)12-18(27)11-22(2,3)14-23/h5-10,18H,11-15H2,1-4H3/b19-10-/t18-,23-/m0/s1. The molecule has 1 saturated carbocycles. The number of hydrogen-bond donors (Lipinski definition) is 0. The molecule has 0 radical (unpaired) electrons. The van der Waals surface area contributed by atoms with Gasteiger partial charge in [-0.15, -0.1) is 5.10 Å². The van der Waals surface area contributed by atoms with Gasteiger partial charge in [-0.25, -0.2) is 4.79 Å². The molecular weight excluding hydrogens is 394 g/mol. The third kappa shape index (κ3) is 4.52. The number of rotatable bonds is 5. The summed E-state index contributed by atoms with van der Waals surface area (Å²) in [7, 11) is 0. The fourth-order valence-corrected chi connectivity index (χ4v) is 5.40. The highest BCUT2D eigenvalue weighted by molar-refractivity contribution is 6.15. The van der Waals surface area contributed by atoms with Crippen LogP contribution < -0.4 is 0 Å². The molecule has 0 N–H and O–H groups in total. The molecule has 4 rings (SSSR count). The molecule has 164 valence electrons. The van der Waals surface area contributed by atoms with Crippen LogP contribution in [0.25, 0.3) is 11.8 Å². The van der Waals surface area contributed by atoms with Crippen LogP contribution >= 0.6 is 0 Å². The lowest BCUT2D eigenvalue weighted by Crippen LogP contribution is -2.40. The second-order valence-corrected chi connectivity index (χ2v) is 9.89. The maximum atomic E-state index is 13.0. The maximum absolute atomic E-state index is 13.0. The zero-order valence-electron chi connectivity index (χ0n) is 18.5. The van der Waals surface area contributed by atoms with Gasteiger partial charge in [0, 0.05) is 12.6 Å². The molecule has 1 aliphatic carbocycles. The van der Waals surface area contributed by atoms with Crippen molar-refractivity contribution in [3.8, 4) is 0 Å².